The number of carbonyl (C=O) groups is 1. The summed E-state index contributed by atoms with van der Waals surface area (Å²) in [5, 5.41) is 11.1. The van der Waals surface area contributed by atoms with Gasteiger partial charge in [0.1, 0.15) is 0 Å². The van der Waals surface area contributed by atoms with Gasteiger partial charge in [-0.2, -0.15) is 0 Å². The van der Waals surface area contributed by atoms with Crippen molar-refractivity contribution in [2.75, 3.05) is 13.2 Å². The Morgan fingerprint density at radius 1 is 1.67 bits per heavy atom. The first kappa shape index (κ1) is 11.8. The topological polar surface area (TPSA) is 49.3 Å². The van der Waals surface area contributed by atoms with Gasteiger partial charge in [-0.1, -0.05) is 30.9 Å². The highest BCUT2D eigenvalue weighted by Crippen LogP contribution is 2.14. The van der Waals surface area contributed by atoms with Crippen molar-refractivity contribution in [3.63, 3.8) is 0 Å². The predicted molar refractivity (Wildman–Crippen MR) is 63.7 cm³/mol. The molecule has 0 unspecified atom stereocenters. The minimum Gasteiger partial charge on any atom is -0.395 e. The summed E-state index contributed by atoms with van der Waals surface area (Å²) in [6.07, 6.45) is 5.80. The number of aliphatic hydroxyl groups excluding tert-OH is 1. The summed E-state index contributed by atoms with van der Waals surface area (Å²) in [6, 6.07) is 0. The summed E-state index contributed by atoms with van der Waals surface area (Å²) in [7, 11) is 0. The van der Waals surface area contributed by atoms with Crippen LogP contribution in [0.5, 0.6) is 0 Å². The fraction of sp³-hybridized carbons (Fsp3) is 0.273. The molecule has 0 spiro atoms. The summed E-state index contributed by atoms with van der Waals surface area (Å²) in [4.78, 5) is 12.2. The molecular weight excluding hydrogens is 210 g/mol. The van der Waals surface area contributed by atoms with Crippen molar-refractivity contribution >= 4 is 23.0 Å². The standard InChI is InChI=1S/C11H13NO2S/c1-8-3-2-4-9(10(15)7-8)11(14)12-5-6-13/h2-4,13H,1,5-7H2,(H,12,14). The maximum Gasteiger partial charge on any atom is 0.252 e. The number of carbonyl (C=O) groups excluding carboxylic acids is 1. The Labute approximate surface area is 94.2 Å². The number of hydrogen-bond donors (Lipinski definition) is 2. The van der Waals surface area contributed by atoms with Crippen LogP contribution in [0, 0.1) is 0 Å². The molecule has 0 aromatic carbocycles. The number of rotatable bonds is 3. The van der Waals surface area contributed by atoms with Gasteiger partial charge in [-0.3, -0.25) is 4.79 Å². The number of hydrogen-bond acceptors (Lipinski definition) is 3. The van der Waals surface area contributed by atoms with Gasteiger partial charge < -0.3 is 10.4 Å². The number of nitrogens with one attached hydrogen (secondary N) is 1. The van der Waals surface area contributed by atoms with Crippen molar-refractivity contribution in [1.82, 2.24) is 5.32 Å². The van der Waals surface area contributed by atoms with Gasteiger partial charge in [-0.15, -0.1) is 0 Å². The number of allylic oxidation sites excluding steroid dienone is 4. The fourth-order valence-corrected chi connectivity index (χ4v) is 1.55. The molecule has 0 aliphatic heterocycles. The third-order valence-electron chi connectivity index (χ3n) is 1.92. The van der Waals surface area contributed by atoms with Crippen LogP contribution < -0.4 is 5.32 Å². The van der Waals surface area contributed by atoms with E-state index in [0.717, 1.165) is 5.57 Å². The molecule has 0 aromatic rings. The van der Waals surface area contributed by atoms with E-state index in [2.05, 4.69) is 11.9 Å². The average Bonchev–Trinajstić information content (AvgIpc) is 2.35. The fourth-order valence-electron chi connectivity index (χ4n) is 1.20. The summed E-state index contributed by atoms with van der Waals surface area (Å²) >= 11 is 5.13. The Kier molecular flexibility index (Phi) is 4.39. The molecule has 1 rings (SSSR count). The van der Waals surface area contributed by atoms with E-state index in [4.69, 9.17) is 17.3 Å². The summed E-state index contributed by atoms with van der Waals surface area (Å²) in [6.45, 7) is 3.97. The van der Waals surface area contributed by atoms with Crippen LogP contribution in [0.3, 0.4) is 0 Å². The van der Waals surface area contributed by atoms with E-state index in [-0.39, 0.29) is 19.1 Å². The maximum absolute atomic E-state index is 11.6. The Bertz CT molecular complexity index is 356. The SMILES string of the molecule is C=C1C=CC=C(C(=O)NCCO)C(=S)C1. The molecule has 0 saturated heterocycles. The van der Waals surface area contributed by atoms with E-state index >= 15 is 0 Å². The lowest BCUT2D eigenvalue weighted by Gasteiger charge is -2.07. The number of aliphatic hydroxyl groups is 1. The van der Waals surface area contributed by atoms with E-state index in [9.17, 15) is 4.79 Å². The Balaban J connectivity index is 2.72. The Hall–Kier alpha value is -1.26. The molecule has 1 aliphatic rings. The molecular formula is C11H13NO2S. The minimum absolute atomic E-state index is 0.0751. The van der Waals surface area contributed by atoms with Crippen molar-refractivity contribution in [2.24, 2.45) is 0 Å². The molecule has 80 valence electrons. The molecule has 0 radical (unpaired) electrons. The molecule has 0 saturated carbocycles. The molecule has 0 heterocycles. The first-order chi connectivity index (χ1) is 7.15. The van der Waals surface area contributed by atoms with E-state index in [0.29, 0.717) is 16.9 Å². The summed E-state index contributed by atoms with van der Waals surface area (Å²) < 4.78 is 0. The molecule has 15 heavy (non-hydrogen) atoms. The van der Waals surface area contributed by atoms with E-state index < -0.39 is 0 Å². The van der Waals surface area contributed by atoms with Crippen molar-refractivity contribution in [3.05, 3.63) is 36.0 Å². The number of thiocarbonyl (C=S) groups is 1. The van der Waals surface area contributed by atoms with E-state index in [1.807, 2.05) is 6.08 Å². The van der Waals surface area contributed by atoms with E-state index in [1.165, 1.54) is 0 Å². The third kappa shape index (κ3) is 3.42. The van der Waals surface area contributed by atoms with Crippen molar-refractivity contribution < 1.29 is 9.90 Å². The zero-order valence-electron chi connectivity index (χ0n) is 8.32. The summed E-state index contributed by atoms with van der Waals surface area (Å²) in [5.74, 6) is -0.242. The van der Waals surface area contributed by atoms with Crippen molar-refractivity contribution in [3.8, 4) is 0 Å². The normalized spacial score (nSPS) is 15.9. The second kappa shape index (κ2) is 5.58. The van der Waals surface area contributed by atoms with Gasteiger partial charge in [0.25, 0.3) is 5.91 Å². The van der Waals surface area contributed by atoms with Gasteiger partial charge in [-0.05, 0) is 11.6 Å². The molecule has 1 aliphatic carbocycles. The van der Waals surface area contributed by atoms with Gasteiger partial charge in [0.15, 0.2) is 0 Å². The molecule has 1 amide bonds. The highest BCUT2D eigenvalue weighted by atomic mass is 32.1. The highest BCUT2D eigenvalue weighted by molar-refractivity contribution is 7.81. The molecule has 3 nitrogen and oxygen atoms in total. The lowest BCUT2D eigenvalue weighted by molar-refractivity contribution is -0.117. The van der Waals surface area contributed by atoms with Gasteiger partial charge in [-0.25, -0.2) is 0 Å². The highest BCUT2D eigenvalue weighted by Gasteiger charge is 2.15. The monoisotopic (exact) mass is 223 g/mol. The number of amides is 1. The van der Waals surface area contributed by atoms with Crippen LogP contribution >= 0.6 is 12.2 Å². The average molecular weight is 223 g/mol. The zero-order valence-corrected chi connectivity index (χ0v) is 9.14. The lowest BCUT2D eigenvalue weighted by Crippen LogP contribution is -2.30. The molecule has 0 fully saturated rings. The molecule has 0 aromatic heterocycles. The molecule has 2 N–H and O–H groups in total. The predicted octanol–water partition coefficient (Wildman–Crippen LogP) is 0.907. The first-order valence-corrected chi connectivity index (χ1v) is 5.04. The van der Waals surface area contributed by atoms with E-state index in [1.54, 1.807) is 12.2 Å². The largest absolute Gasteiger partial charge is 0.395 e. The van der Waals surface area contributed by atoms with Crippen molar-refractivity contribution in [1.29, 1.82) is 0 Å². The van der Waals surface area contributed by atoms with Gasteiger partial charge in [0.2, 0.25) is 0 Å². The molecule has 0 bridgehead atoms. The second-order valence-corrected chi connectivity index (χ2v) is 3.67. The van der Waals surface area contributed by atoms with Crippen molar-refractivity contribution in [2.45, 2.75) is 6.42 Å². The Morgan fingerprint density at radius 3 is 3.07 bits per heavy atom. The summed E-state index contributed by atoms with van der Waals surface area (Å²) in [5.41, 5.74) is 1.37. The van der Waals surface area contributed by atoms with Crippen LogP contribution in [0.2, 0.25) is 0 Å². The molecule has 4 heteroatoms. The second-order valence-electron chi connectivity index (χ2n) is 3.18. The lowest BCUT2D eigenvalue weighted by atomic mass is 10.1. The molecule has 0 atom stereocenters. The van der Waals surface area contributed by atoms with Crippen LogP contribution in [0.4, 0.5) is 0 Å². The maximum atomic E-state index is 11.6. The quantitative estimate of drug-likeness (QED) is 0.699. The zero-order chi connectivity index (χ0) is 11.3. The van der Waals surface area contributed by atoms with Crippen LogP contribution in [-0.2, 0) is 4.79 Å². The van der Waals surface area contributed by atoms with Crippen LogP contribution in [-0.4, -0.2) is 29.0 Å². The first-order valence-electron chi connectivity index (χ1n) is 4.63. The van der Waals surface area contributed by atoms with Crippen LogP contribution in [0.25, 0.3) is 0 Å². The minimum atomic E-state index is -0.242. The van der Waals surface area contributed by atoms with Gasteiger partial charge >= 0.3 is 0 Å². The van der Waals surface area contributed by atoms with Gasteiger partial charge in [0, 0.05) is 17.8 Å². The van der Waals surface area contributed by atoms with Gasteiger partial charge in [0.05, 0.1) is 12.2 Å². The Morgan fingerprint density at radius 2 is 2.40 bits per heavy atom. The van der Waals surface area contributed by atoms with Crippen LogP contribution in [0.15, 0.2) is 36.0 Å². The smallest absolute Gasteiger partial charge is 0.252 e. The third-order valence-corrected chi connectivity index (χ3v) is 2.29. The van der Waals surface area contributed by atoms with Crippen LogP contribution in [0.1, 0.15) is 6.42 Å².